The molecular formula is C13H19NO3S. The second kappa shape index (κ2) is 5.28. The van der Waals surface area contributed by atoms with Crippen LogP contribution in [0, 0.1) is 5.92 Å². The minimum atomic E-state index is -3.11. The lowest BCUT2D eigenvalue weighted by Gasteiger charge is -2.15. The Bertz CT molecular complexity index is 495. The van der Waals surface area contributed by atoms with Gasteiger partial charge < -0.3 is 10.1 Å². The summed E-state index contributed by atoms with van der Waals surface area (Å²) in [5.41, 5.74) is 0.946. The first-order chi connectivity index (χ1) is 8.47. The summed E-state index contributed by atoms with van der Waals surface area (Å²) in [6, 6.07) is 6.87. The van der Waals surface area contributed by atoms with Crippen molar-refractivity contribution in [2.24, 2.45) is 5.92 Å². The van der Waals surface area contributed by atoms with Crippen LogP contribution in [0.4, 0.5) is 5.69 Å². The minimum Gasteiger partial charge on any atom is -0.385 e. The molecule has 0 spiro atoms. The van der Waals surface area contributed by atoms with Crippen molar-refractivity contribution in [3.63, 3.8) is 0 Å². The molecule has 0 aliphatic carbocycles. The monoisotopic (exact) mass is 269 g/mol. The predicted octanol–water partition coefficient (Wildman–Crippen LogP) is 1.93. The third-order valence-corrected chi connectivity index (χ3v) is 4.51. The molecule has 2 atom stereocenters. The largest absolute Gasteiger partial charge is 0.385 e. The van der Waals surface area contributed by atoms with Crippen LogP contribution >= 0.6 is 0 Å². The number of hydrogen-bond acceptors (Lipinski definition) is 4. The molecule has 1 aromatic rings. The molecule has 0 saturated carbocycles. The van der Waals surface area contributed by atoms with E-state index in [0.29, 0.717) is 16.9 Å². The van der Waals surface area contributed by atoms with Gasteiger partial charge in [-0.15, -0.1) is 0 Å². The van der Waals surface area contributed by atoms with Crippen LogP contribution < -0.4 is 5.32 Å². The highest BCUT2D eigenvalue weighted by Crippen LogP contribution is 2.21. The van der Waals surface area contributed by atoms with E-state index in [9.17, 15) is 8.42 Å². The molecule has 1 aliphatic rings. The quantitative estimate of drug-likeness (QED) is 0.907. The summed E-state index contributed by atoms with van der Waals surface area (Å²) >= 11 is 0. The smallest absolute Gasteiger partial charge is 0.175 e. The summed E-state index contributed by atoms with van der Waals surface area (Å²) in [7, 11) is -3.11. The Morgan fingerprint density at radius 3 is 2.50 bits per heavy atom. The van der Waals surface area contributed by atoms with E-state index in [4.69, 9.17) is 4.74 Å². The van der Waals surface area contributed by atoms with Crippen molar-refractivity contribution in [1.29, 1.82) is 0 Å². The van der Waals surface area contributed by atoms with Gasteiger partial charge in [-0.25, -0.2) is 8.42 Å². The first-order valence-corrected chi connectivity index (χ1v) is 8.01. The summed E-state index contributed by atoms with van der Waals surface area (Å²) in [5.74, 6) is 0.527. The molecule has 18 heavy (non-hydrogen) atoms. The molecule has 1 fully saturated rings. The van der Waals surface area contributed by atoms with Crippen molar-refractivity contribution in [3.05, 3.63) is 24.3 Å². The van der Waals surface area contributed by atoms with Gasteiger partial charge in [0.15, 0.2) is 9.84 Å². The summed E-state index contributed by atoms with van der Waals surface area (Å²) in [6.07, 6.45) is 2.59. The van der Waals surface area contributed by atoms with Gasteiger partial charge in [0.2, 0.25) is 0 Å². The molecule has 0 amide bonds. The Balaban J connectivity index is 1.94. The first kappa shape index (κ1) is 13.4. The zero-order valence-electron chi connectivity index (χ0n) is 10.7. The van der Waals surface area contributed by atoms with Crippen LogP contribution in [-0.4, -0.2) is 33.9 Å². The second-order valence-corrected chi connectivity index (χ2v) is 6.82. The van der Waals surface area contributed by atoms with Crippen LogP contribution in [0.3, 0.4) is 0 Å². The third-order valence-electron chi connectivity index (χ3n) is 3.38. The van der Waals surface area contributed by atoms with E-state index < -0.39 is 9.84 Å². The van der Waals surface area contributed by atoms with E-state index >= 15 is 0 Å². The third kappa shape index (κ3) is 3.23. The number of ether oxygens (including phenoxy) is 1. The van der Waals surface area contributed by atoms with E-state index in [0.717, 1.165) is 25.3 Å². The highest BCUT2D eigenvalue weighted by Gasteiger charge is 2.23. The molecule has 100 valence electrons. The van der Waals surface area contributed by atoms with Crippen LogP contribution in [0.15, 0.2) is 29.2 Å². The molecule has 5 heteroatoms. The fraction of sp³-hybridized carbons (Fsp3) is 0.538. The van der Waals surface area contributed by atoms with E-state index in [1.54, 1.807) is 24.3 Å². The SMILES string of the molecule is CC1OCCC1CNc1ccc(S(C)(=O)=O)cc1. The Morgan fingerprint density at radius 1 is 1.33 bits per heavy atom. The van der Waals surface area contributed by atoms with Gasteiger partial charge in [-0.3, -0.25) is 0 Å². The second-order valence-electron chi connectivity index (χ2n) is 4.80. The number of hydrogen-bond donors (Lipinski definition) is 1. The molecule has 1 aliphatic heterocycles. The van der Waals surface area contributed by atoms with E-state index in [-0.39, 0.29) is 0 Å². The lowest BCUT2D eigenvalue weighted by Crippen LogP contribution is -2.20. The van der Waals surface area contributed by atoms with Crippen molar-refractivity contribution < 1.29 is 13.2 Å². The molecule has 4 nitrogen and oxygen atoms in total. The van der Waals surface area contributed by atoms with Gasteiger partial charge in [0.05, 0.1) is 11.0 Å². The van der Waals surface area contributed by atoms with Gasteiger partial charge in [-0.05, 0) is 37.6 Å². The number of nitrogens with one attached hydrogen (secondary N) is 1. The van der Waals surface area contributed by atoms with Crippen LogP contribution in [0.5, 0.6) is 0 Å². The van der Waals surface area contributed by atoms with Crippen LogP contribution in [-0.2, 0) is 14.6 Å². The van der Waals surface area contributed by atoms with Crippen LogP contribution in [0.2, 0.25) is 0 Å². The molecule has 0 radical (unpaired) electrons. The van der Waals surface area contributed by atoms with Crippen molar-refractivity contribution in [2.45, 2.75) is 24.3 Å². The summed E-state index contributed by atoms with van der Waals surface area (Å²) in [6.45, 7) is 3.78. The maximum atomic E-state index is 11.3. The zero-order valence-corrected chi connectivity index (χ0v) is 11.5. The van der Waals surface area contributed by atoms with Gasteiger partial charge >= 0.3 is 0 Å². The molecule has 1 aromatic carbocycles. The van der Waals surface area contributed by atoms with E-state index in [1.165, 1.54) is 6.26 Å². The normalized spacial score (nSPS) is 24.1. The van der Waals surface area contributed by atoms with Crippen molar-refractivity contribution in [2.75, 3.05) is 24.7 Å². The topological polar surface area (TPSA) is 55.4 Å². The number of anilines is 1. The lowest BCUT2D eigenvalue weighted by atomic mass is 10.0. The van der Waals surface area contributed by atoms with Crippen LogP contribution in [0.1, 0.15) is 13.3 Å². The van der Waals surface area contributed by atoms with Crippen molar-refractivity contribution in [3.8, 4) is 0 Å². The maximum absolute atomic E-state index is 11.3. The average Bonchev–Trinajstić information content (AvgIpc) is 2.72. The minimum absolute atomic E-state index is 0.299. The van der Waals surface area contributed by atoms with E-state index in [1.807, 2.05) is 0 Å². The van der Waals surface area contributed by atoms with Gasteiger partial charge in [0.25, 0.3) is 0 Å². The fourth-order valence-corrected chi connectivity index (χ4v) is 2.74. The van der Waals surface area contributed by atoms with Gasteiger partial charge in [0, 0.05) is 31.0 Å². The zero-order chi connectivity index (χ0) is 13.2. The molecule has 1 saturated heterocycles. The fourth-order valence-electron chi connectivity index (χ4n) is 2.11. The maximum Gasteiger partial charge on any atom is 0.175 e. The van der Waals surface area contributed by atoms with Gasteiger partial charge in [-0.1, -0.05) is 0 Å². The van der Waals surface area contributed by atoms with Crippen molar-refractivity contribution in [1.82, 2.24) is 0 Å². The van der Waals surface area contributed by atoms with Gasteiger partial charge in [0.1, 0.15) is 0 Å². The Hall–Kier alpha value is -1.07. The molecule has 0 bridgehead atoms. The Labute approximate surface area is 108 Å². The number of benzene rings is 1. The highest BCUT2D eigenvalue weighted by atomic mass is 32.2. The first-order valence-electron chi connectivity index (χ1n) is 6.12. The molecule has 0 aromatic heterocycles. The average molecular weight is 269 g/mol. The summed E-state index contributed by atoms with van der Waals surface area (Å²) in [4.78, 5) is 0.352. The molecule has 2 rings (SSSR count). The summed E-state index contributed by atoms with van der Waals surface area (Å²) < 4.78 is 28.1. The molecular weight excluding hydrogens is 250 g/mol. The number of rotatable bonds is 4. The predicted molar refractivity (Wildman–Crippen MR) is 71.6 cm³/mol. The van der Waals surface area contributed by atoms with Crippen LogP contribution in [0.25, 0.3) is 0 Å². The molecule has 1 heterocycles. The molecule has 2 unspecified atom stereocenters. The Kier molecular flexibility index (Phi) is 3.92. The van der Waals surface area contributed by atoms with Gasteiger partial charge in [-0.2, -0.15) is 0 Å². The van der Waals surface area contributed by atoms with E-state index in [2.05, 4.69) is 12.2 Å². The summed E-state index contributed by atoms with van der Waals surface area (Å²) in [5, 5.41) is 3.32. The Morgan fingerprint density at radius 2 is 2.00 bits per heavy atom. The number of sulfone groups is 1. The standard InChI is InChI=1S/C13H19NO3S/c1-10-11(7-8-17-10)9-14-12-3-5-13(6-4-12)18(2,15)16/h3-6,10-11,14H,7-9H2,1-2H3. The van der Waals surface area contributed by atoms with Crippen molar-refractivity contribution >= 4 is 15.5 Å². The molecule has 1 N–H and O–H groups in total. The lowest BCUT2D eigenvalue weighted by molar-refractivity contribution is 0.108. The highest BCUT2D eigenvalue weighted by molar-refractivity contribution is 7.90.